The van der Waals surface area contributed by atoms with Gasteiger partial charge >= 0.3 is 0 Å². The molecule has 0 aliphatic carbocycles. The van der Waals surface area contributed by atoms with Crippen LogP contribution in [0.4, 0.5) is 4.39 Å². The largest absolute Gasteiger partial charge is 0.392 e. The number of likely N-dealkylation sites (N-methyl/N-ethyl adjacent to an activating group) is 1. The van der Waals surface area contributed by atoms with Crippen molar-refractivity contribution in [2.45, 2.75) is 17.9 Å². The highest BCUT2D eigenvalue weighted by Gasteiger charge is 2.28. The molecule has 0 aromatic heterocycles. The lowest BCUT2D eigenvalue weighted by Gasteiger charge is -2.20. The molecule has 5 nitrogen and oxygen atoms in total. The molecule has 1 N–H and O–H groups in total. The van der Waals surface area contributed by atoms with Crippen LogP contribution in [0, 0.1) is 5.82 Å². The van der Waals surface area contributed by atoms with Gasteiger partial charge in [0.2, 0.25) is 10.0 Å². The van der Waals surface area contributed by atoms with Gasteiger partial charge in [0, 0.05) is 19.6 Å². The van der Waals surface area contributed by atoms with E-state index in [4.69, 9.17) is 5.11 Å². The fourth-order valence-electron chi connectivity index (χ4n) is 2.25. The maximum absolute atomic E-state index is 13.9. The molecule has 0 amide bonds. The van der Waals surface area contributed by atoms with E-state index < -0.39 is 15.8 Å². The molecule has 2 rings (SSSR count). The molecule has 1 aromatic carbocycles. The fraction of sp³-hybridized carbons (Fsp3) is 0.538. The van der Waals surface area contributed by atoms with E-state index in [1.807, 2.05) is 7.05 Å². The third-order valence-electron chi connectivity index (χ3n) is 3.48. The SMILES string of the molecule is CN1CCCN(S(=O)(=O)c2ccc(CO)cc2F)CC1. The summed E-state index contributed by atoms with van der Waals surface area (Å²) >= 11 is 0. The van der Waals surface area contributed by atoms with E-state index in [0.29, 0.717) is 25.2 Å². The van der Waals surface area contributed by atoms with E-state index in [2.05, 4.69) is 4.90 Å². The third kappa shape index (κ3) is 3.17. The number of hydrogen-bond donors (Lipinski definition) is 1. The zero-order valence-corrected chi connectivity index (χ0v) is 12.2. The molecule has 0 radical (unpaired) electrons. The minimum Gasteiger partial charge on any atom is -0.392 e. The number of benzene rings is 1. The zero-order valence-electron chi connectivity index (χ0n) is 11.4. The van der Waals surface area contributed by atoms with E-state index in [0.717, 1.165) is 19.0 Å². The number of rotatable bonds is 3. The topological polar surface area (TPSA) is 60.9 Å². The van der Waals surface area contributed by atoms with E-state index >= 15 is 0 Å². The lowest BCUT2D eigenvalue weighted by molar-refractivity contribution is 0.281. The van der Waals surface area contributed by atoms with Crippen LogP contribution in [0.5, 0.6) is 0 Å². The van der Waals surface area contributed by atoms with Crippen molar-refractivity contribution >= 4 is 10.0 Å². The van der Waals surface area contributed by atoms with Crippen LogP contribution in [0.3, 0.4) is 0 Å². The summed E-state index contributed by atoms with van der Waals surface area (Å²) in [4.78, 5) is 1.74. The lowest BCUT2D eigenvalue weighted by atomic mass is 10.2. The predicted octanol–water partition coefficient (Wildman–Crippen LogP) is 0.644. The maximum Gasteiger partial charge on any atom is 0.246 e. The fourth-order valence-corrected chi connectivity index (χ4v) is 3.77. The van der Waals surface area contributed by atoms with Crippen LogP contribution in [-0.4, -0.2) is 56.0 Å². The summed E-state index contributed by atoms with van der Waals surface area (Å²) in [5.74, 6) is -0.811. The smallest absolute Gasteiger partial charge is 0.246 e. The summed E-state index contributed by atoms with van der Waals surface area (Å²) in [6.07, 6.45) is 0.728. The van der Waals surface area contributed by atoms with E-state index in [9.17, 15) is 12.8 Å². The third-order valence-corrected chi connectivity index (χ3v) is 5.41. The first kappa shape index (κ1) is 15.4. The molecule has 0 saturated carbocycles. The molecular formula is C13H19FN2O3S. The number of aliphatic hydroxyl groups excluding tert-OH is 1. The second-order valence-corrected chi connectivity index (χ2v) is 6.89. The molecule has 1 aliphatic rings. The summed E-state index contributed by atoms with van der Waals surface area (Å²) in [5.41, 5.74) is 0.358. The molecule has 0 spiro atoms. The Morgan fingerprint density at radius 2 is 2.00 bits per heavy atom. The van der Waals surface area contributed by atoms with Gasteiger partial charge in [-0.25, -0.2) is 12.8 Å². The normalized spacial score (nSPS) is 18.9. The Hall–Kier alpha value is -1.02. The van der Waals surface area contributed by atoms with Crippen LogP contribution in [-0.2, 0) is 16.6 Å². The highest BCUT2D eigenvalue weighted by Crippen LogP contribution is 2.21. The van der Waals surface area contributed by atoms with E-state index in [-0.39, 0.29) is 11.5 Å². The summed E-state index contributed by atoms with van der Waals surface area (Å²) in [6.45, 7) is 1.91. The molecule has 1 fully saturated rings. The first-order valence-corrected chi connectivity index (χ1v) is 7.97. The van der Waals surface area contributed by atoms with Gasteiger partial charge in [-0.2, -0.15) is 4.31 Å². The van der Waals surface area contributed by atoms with Crippen molar-refractivity contribution in [3.05, 3.63) is 29.6 Å². The van der Waals surface area contributed by atoms with Crippen LogP contribution >= 0.6 is 0 Å². The molecule has 0 unspecified atom stereocenters. The molecule has 0 atom stereocenters. The molecule has 1 aromatic rings. The minimum absolute atomic E-state index is 0.314. The standard InChI is InChI=1S/C13H19FN2O3S/c1-15-5-2-6-16(8-7-15)20(18,19)13-4-3-11(10-17)9-12(13)14/h3-4,9,17H,2,5-8,10H2,1H3. The van der Waals surface area contributed by atoms with Crippen LogP contribution in [0.2, 0.25) is 0 Å². The Morgan fingerprint density at radius 3 is 2.65 bits per heavy atom. The highest BCUT2D eigenvalue weighted by atomic mass is 32.2. The number of sulfonamides is 1. The van der Waals surface area contributed by atoms with E-state index in [1.54, 1.807) is 0 Å². The molecule has 1 saturated heterocycles. The number of aliphatic hydroxyl groups is 1. The van der Waals surface area contributed by atoms with Crippen molar-refractivity contribution in [3.63, 3.8) is 0 Å². The van der Waals surface area contributed by atoms with Gasteiger partial charge in [0.15, 0.2) is 0 Å². The van der Waals surface area contributed by atoms with Gasteiger partial charge in [0.05, 0.1) is 6.61 Å². The lowest BCUT2D eigenvalue weighted by Crippen LogP contribution is -2.35. The van der Waals surface area contributed by atoms with Crippen molar-refractivity contribution in [2.24, 2.45) is 0 Å². The Morgan fingerprint density at radius 1 is 1.25 bits per heavy atom. The van der Waals surface area contributed by atoms with Gasteiger partial charge in [0.25, 0.3) is 0 Å². The van der Waals surface area contributed by atoms with Crippen molar-refractivity contribution in [1.29, 1.82) is 0 Å². The molecule has 20 heavy (non-hydrogen) atoms. The van der Waals surface area contributed by atoms with Crippen LogP contribution in [0.25, 0.3) is 0 Å². The van der Waals surface area contributed by atoms with Crippen LogP contribution < -0.4 is 0 Å². The molecule has 1 heterocycles. The van der Waals surface area contributed by atoms with Gasteiger partial charge in [-0.1, -0.05) is 6.07 Å². The zero-order chi connectivity index (χ0) is 14.8. The summed E-state index contributed by atoms with van der Waals surface area (Å²) < 4.78 is 40.2. The number of hydrogen-bond acceptors (Lipinski definition) is 4. The van der Waals surface area contributed by atoms with Crippen molar-refractivity contribution in [3.8, 4) is 0 Å². The number of halogens is 1. The van der Waals surface area contributed by atoms with Gasteiger partial charge in [-0.3, -0.25) is 0 Å². The molecule has 112 valence electrons. The Balaban J connectivity index is 2.30. The average Bonchev–Trinajstić information content (AvgIpc) is 2.63. The van der Waals surface area contributed by atoms with Crippen molar-refractivity contribution in [2.75, 3.05) is 33.2 Å². The first-order chi connectivity index (χ1) is 9.45. The summed E-state index contributed by atoms with van der Waals surface area (Å²) in [5, 5.41) is 8.94. The van der Waals surface area contributed by atoms with Gasteiger partial charge in [-0.15, -0.1) is 0 Å². The number of nitrogens with zero attached hydrogens (tertiary/aromatic N) is 2. The highest BCUT2D eigenvalue weighted by molar-refractivity contribution is 7.89. The Bertz CT molecular complexity index is 577. The quantitative estimate of drug-likeness (QED) is 0.890. The maximum atomic E-state index is 13.9. The predicted molar refractivity (Wildman–Crippen MR) is 73.2 cm³/mol. The van der Waals surface area contributed by atoms with Gasteiger partial charge < -0.3 is 10.0 Å². The second kappa shape index (κ2) is 6.17. The second-order valence-electron chi connectivity index (χ2n) is 4.98. The summed E-state index contributed by atoms with van der Waals surface area (Å²) in [6, 6.07) is 3.72. The Labute approximate surface area is 118 Å². The van der Waals surface area contributed by atoms with Gasteiger partial charge in [0.1, 0.15) is 10.7 Å². The minimum atomic E-state index is -3.81. The van der Waals surface area contributed by atoms with Crippen LogP contribution in [0.15, 0.2) is 23.1 Å². The molecule has 7 heteroatoms. The molecule has 1 aliphatic heterocycles. The van der Waals surface area contributed by atoms with Crippen LogP contribution in [0.1, 0.15) is 12.0 Å². The summed E-state index contributed by atoms with van der Waals surface area (Å²) in [7, 11) is -1.88. The van der Waals surface area contributed by atoms with E-state index in [1.165, 1.54) is 16.4 Å². The molecular weight excluding hydrogens is 283 g/mol. The first-order valence-electron chi connectivity index (χ1n) is 6.53. The average molecular weight is 302 g/mol. The van der Waals surface area contributed by atoms with Crippen molar-refractivity contribution in [1.82, 2.24) is 9.21 Å². The molecule has 0 bridgehead atoms. The Kier molecular flexibility index (Phi) is 4.74. The van der Waals surface area contributed by atoms with Crippen molar-refractivity contribution < 1.29 is 17.9 Å². The monoisotopic (exact) mass is 302 g/mol. The van der Waals surface area contributed by atoms with Gasteiger partial charge in [-0.05, 0) is 37.7 Å².